The van der Waals surface area contributed by atoms with E-state index in [0.29, 0.717) is 19.5 Å². The topological polar surface area (TPSA) is 38.1 Å². The monoisotopic (exact) mass is 413 g/mol. The summed E-state index contributed by atoms with van der Waals surface area (Å²) in [5.41, 5.74) is 4.09. The molecule has 156 valence electrons. The van der Waals surface area contributed by atoms with Crippen LogP contribution < -0.4 is 0 Å². The Bertz CT molecular complexity index is 1220. The molecule has 1 fully saturated rings. The second kappa shape index (κ2) is 7.99. The van der Waals surface area contributed by atoms with E-state index in [1.165, 1.54) is 12.1 Å². The molecule has 2 unspecified atom stereocenters. The molecule has 4 aromatic rings. The molecular formula is C26H24FN3O. The Morgan fingerprint density at radius 1 is 1.00 bits per heavy atom. The minimum absolute atomic E-state index is 0.0199. The van der Waals surface area contributed by atoms with E-state index >= 15 is 0 Å². The van der Waals surface area contributed by atoms with Crippen molar-refractivity contribution < 1.29 is 9.18 Å². The van der Waals surface area contributed by atoms with E-state index in [-0.39, 0.29) is 23.7 Å². The maximum Gasteiger partial charge on any atom is 0.223 e. The maximum atomic E-state index is 13.4. The molecule has 0 spiro atoms. The van der Waals surface area contributed by atoms with Gasteiger partial charge in [0, 0.05) is 25.4 Å². The van der Waals surface area contributed by atoms with Crippen LogP contribution in [0.25, 0.3) is 11.0 Å². The molecule has 1 aromatic heterocycles. The first kappa shape index (κ1) is 19.5. The van der Waals surface area contributed by atoms with Gasteiger partial charge in [-0.15, -0.1) is 0 Å². The number of fused-ring (bicyclic) bond motifs is 1. The van der Waals surface area contributed by atoms with Gasteiger partial charge in [-0.25, -0.2) is 9.37 Å². The number of benzene rings is 3. The highest BCUT2D eigenvalue weighted by Gasteiger charge is 2.36. The van der Waals surface area contributed by atoms with Crippen molar-refractivity contribution in [2.24, 2.45) is 0 Å². The molecule has 0 saturated carbocycles. The van der Waals surface area contributed by atoms with E-state index in [1.807, 2.05) is 41.3 Å². The van der Waals surface area contributed by atoms with Crippen molar-refractivity contribution in [3.63, 3.8) is 0 Å². The van der Waals surface area contributed by atoms with Gasteiger partial charge in [0.25, 0.3) is 0 Å². The molecule has 4 nitrogen and oxygen atoms in total. The Kier molecular flexibility index (Phi) is 5.02. The van der Waals surface area contributed by atoms with Crippen LogP contribution in [-0.2, 0) is 11.3 Å². The van der Waals surface area contributed by atoms with Gasteiger partial charge in [-0.1, -0.05) is 54.6 Å². The number of aromatic nitrogens is 2. The van der Waals surface area contributed by atoms with Crippen LogP contribution in [0.3, 0.4) is 0 Å². The number of carbonyl (C=O) groups excluding carboxylic acids is 1. The van der Waals surface area contributed by atoms with E-state index in [9.17, 15) is 9.18 Å². The zero-order valence-electron chi connectivity index (χ0n) is 17.4. The van der Waals surface area contributed by atoms with Gasteiger partial charge in [0.05, 0.1) is 17.1 Å². The molecule has 31 heavy (non-hydrogen) atoms. The number of nitrogens with zero attached hydrogens (tertiary/aromatic N) is 3. The fourth-order valence-corrected chi connectivity index (χ4v) is 4.53. The van der Waals surface area contributed by atoms with E-state index < -0.39 is 0 Å². The minimum atomic E-state index is -0.244. The molecule has 0 radical (unpaired) electrons. The van der Waals surface area contributed by atoms with Crippen LogP contribution in [0.1, 0.15) is 42.3 Å². The largest absolute Gasteiger partial charge is 0.335 e. The Morgan fingerprint density at radius 3 is 2.48 bits per heavy atom. The summed E-state index contributed by atoms with van der Waals surface area (Å²) in [5.74, 6) is 0.848. The van der Waals surface area contributed by atoms with Crippen LogP contribution >= 0.6 is 0 Å². The van der Waals surface area contributed by atoms with E-state index in [1.54, 1.807) is 12.1 Å². The van der Waals surface area contributed by atoms with Crippen molar-refractivity contribution in [2.45, 2.75) is 31.8 Å². The normalized spacial score (nSPS) is 17.4. The third kappa shape index (κ3) is 3.72. The molecule has 5 heteroatoms. The summed E-state index contributed by atoms with van der Waals surface area (Å²) in [6, 6.07) is 24.8. The van der Waals surface area contributed by atoms with E-state index in [2.05, 4.69) is 29.7 Å². The Labute approximate surface area is 181 Å². The third-order valence-electron chi connectivity index (χ3n) is 6.21. The number of imidazole rings is 1. The third-order valence-corrected chi connectivity index (χ3v) is 6.21. The molecule has 1 aliphatic heterocycles. The lowest BCUT2D eigenvalue weighted by atomic mass is 10.1. The summed E-state index contributed by atoms with van der Waals surface area (Å²) in [4.78, 5) is 19.8. The van der Waals surface area contributed by atoms with Crippen LogP contribution in [0.4, 0.5) is 4.39 Å². The molecule has 1 aliphatic rings. The van der Waals surface area contributed by atoms with Crippen LogP contribution in [-0.4, -0.2) is 26.9 Å². The fraction of sp³-hybridized carbons (Fsp3) is 0.231. The molecule has 1 amide bonds. The van der Waals surface area contributed by atoms with Crippen LogP contribution in [0.5, 0.6) is 0 Å². The van der Waals surface area contributed by atoms with E-state index in [4.69, 9.17) is 4.98 Å². The summed E-state index contributed by atoms with van der Waals surface area (Å²) in [6.07, 6.45) is 0.448. The van der Waals surface area contributed by atoms with Crippen molar-refractivity contribution >= 4 is 16.9 Å². The van der Waals surface area contributed by atoms with Gasteiger partial charge in [-0.05, 0) is 42.3 Å². The van der Waals surface area contributed by atoms with Crippen LogP contribution in [0.15, 0.2) is 78.9 Å². The first-order valence-electron chi connectivity index (χ1n) is 10.6. The highest BCUT2D eigenvalue weighted by Crippen LogP contribution is 2.35. The molecule has 1 saturated heterocycles. The average molecular weight is 413 g/mol. The summed E-state index contributed by atoms with van der Waals surface area (Å²) in [5, 5.41) is 0. The lowest BCUT2D eigenvalue weighted by molar-refractivity contribution is -0.129. The predicted molar refractivity (Wildman–Crippen MR) is 119 cm³/mol. The molecule has 5 rings (SSSR count). The van der Waals surface area contributed by atoms with Crippen molar-refractivity contribution in [3.8, 4) is 0 Å². The lowest BCUT2D eigenvalue weighted by Crippen LogP contribution is -2.28. The SMILES string of the molecule is CC(c1ccccc1)N1CC(c2nc3ccccc3n2Cc2ccc(F)cc2)CC1=O. The zero-order chi connectivity index (χ0) is 21.4. The number of hydrogen-bond acceptors (Lipinski definition) is 2. The summed E-state index contributed by atoms with van der Waals surface area (Å²) >= 11 is 0. The predicted octanol–water partition coefficient (Wildman–Crippen LogP) is 5.30. The Hall–Kier alpha value is -3.47. The van der Waals surface area contributed by atoms with Gasteiger partial charge in [0.1, 0.15) is 11.6 Å². The van der Waals surface area contributed by atoms with Crippen molar-refractivity contribution in [1.82, 2.24) is 14.5 Å². The quantitative estimate of drug-likeness (QED) is 0.445. The maximum absolute atomic E-state index is 13.4. The number of likely N-dealkylation sites (tertiary alicyclic amines) is 1. The molecule has 0 aliphatic carbocycles. The molecule has 2 heterocycles. The number of halogens is 1. The molecular weight excluding hydrogens is 389 g/mol. The van der Waals surface area contributed by atoms with Gasteiger partial charge in [-0.3, -0.25) is 4.79 Å². The first-order chi connectivity index (χ1) is 15.1. The average Bonchev–Trinajstić information content (AvgIpc) is 3.36. The van der Waals surface area contributed by atoms with Crippen molar-refractivity contribution in [1.29, 1.82) is 0 Å². The summed E-state index contributed by atoms with van der Waals surface area (Å²) < 4.78 is 15.6. The lowest BCUT2D eigenvalue weighted by Gasteiger charge is -2.25. The van der Waals surface area contributed by atoms with Gasteiger partial charge in [0.15, 0.2) is 0 Å². The second-order valence-electron chi connectivity index (χ2n) is 8.21. The van der Waals surface area contributed by atoms with Gasteiger partial charge >= 0.3 is 0 Å². The van der Waals surface area contributed by atoms with Crippen LogP contribution in [0, 0.1) is 5.82 Å². The highest BCUT2D eigenvalue weighted by atomic mass is 19.1. The number of hydrogen-bond donors (Lipinski definition) is 0. The zero-order valence-corrected chi connectivity index (χ0v) is 17.4. The molecule has 2 atom stereocenters. The van der Waals surface area contributed by atoms with E-state index in [0.717, 1.165) is 28.0 Å². The summed E-state index contributed by atoms with van der Waals surface area (Å²) in [7, 11) is 0. The smallest absolute Gasteiger partial charge is 0.223 e. The number of rotatable bonds is 5. The van der Waals surface area contributed by atoms with Gasteiger partial charge < -0.3 is 9.47 Å². The second-order valence-corrected chi connectivity index (χ2v) is 8.21. The Morgan fingerprint density at radius 2 is 1.71 bits per heavy atom. The first-order valence-corrected chi connectivity index (χ1v) is 10.6. The molecule has 3 aromatic carbocycles. The number of para-hydroxylation sites is 2. The highest BCUT2D eigenvalue weighted by molar-refractivity contribution is 5.81. The van der Waals surface area contributed by atoms with Crippen LogP contribution in [0.2, 0.25) is 0 Å². The molecule has 0 bridgehead atoms. The number of carbonyl (C=O) groups is 1. The fourth-order valence-electron chi connectivity index (χ4n) is 4.53. The van der Waals surface area contributed by atoms with Gasteiger partial charge in [-0.2, -0.15) is 0 Å². The van der Waals surface area contributed by atoms with Crippen molar-refractivity contribution in [2.75, 3.05) is 6.54 Å². The Balaban J connectivity index is 1.48. The number of amides is 1. The van der Waals surface area contributed by atoms with Crippen molar-refractivity contribution in [3.05, 3.63) is 102 Å². The van der Waals surface area contributed by atoms with Gasteiger partial charge in [0.2, 0.25) is 5.91 Å². The molecule has 0 N–H and O–H groups in total. The standard InChI is InChI=1S/C26H24FN3O/c1-18(20-7-3-2-4-8-20)29-17-21(15-25(29)31)26-28-23-9-5-6-10-24(23)30(26)16-19-11-13-22(27)14-12-19/h2-14,18,21H,15-17H2,1H3. The summed E-state index contributed by atoms with van der Waals surface area (Å²) in [6.45, 7) is 3.31. The minimum Gasteiger partial charge on any atom is -0.335 e.